The van der Waals surface area contributed by atoms with Crippen LogP contribution in [0.15, 0.2) is 0 Å². The molecule has 0 radical (unpaired) electrons. The molecule has 0 aromatic heterocycles. The second-order valence-corrected chi connectivity index (χ2v) is 6.16. The first-order valence-corrected chi connectivity index (χ1v) is 6.56. The van der Waals surface area contributed by atoms with Crippen LogP contribution in [-0.4, -0.2) is 108 Å². The Balaban J connectivity index is 2.50. The number of quaternary nitrogens is 1. The van der Waals surface area contributed by atoms with E-state index in [2.05, 4.69) is 0 Å². The lowest BCUT2D eigenvalue weighted by Gasteiger charge is -2.39. The molecule has 5 N–H and O–H groups in total. The first kappa shape index (κ1) is 17.7. The van der Waals surface area contributed by atoms with Crippen LogP contribution < -0.4 is 0 Å². The van der Waals surface area contributed by atoms with Crippen LogP contribution in [0, 0.1) is 0 Å². The number of likely N-dealkylation sites (N-methyl/N-ethyl adjacent to an activating group) is 1. The molecule has 8 nitrogen and oxygen atoms in total. The molecule has 1 unspecified atom stereocenters. The third-order valence-electron chi connectivity index (χ3n) is 3.06. The Hall–Kier alpha value is -0.320. The van der Waals surface area contributed by atoms with Crippen molar-refractivity contribution in [2.45, 2.75) is 36.8 Å². The van der Waals surface area contributed by atoms with E-state index in [1.54, 1.807) is 0 Å². The maximum atomic E-state index is 9.80. The van der Waals surface area contributed by atoms with Crippen molar-refractivity contribution in [3.05, 3.63) is 0 Å². The molecule has 1 fully saturated rings. The van der Waals surface area contributed by atoms with Crippen molar-refractivity contribution in [3.8, 4) is 0 Å². The summed E-state index contributed by atoms with van der Waals surface area (Å²) in [5.41, 5.74) is 0. The topological polar surface area (TPSA) is 120 Å². The maximum absolute atomic E-state index is 9.80. The van der Waals surface area contributed by atoms with Gasteiger partial charge in [0.05, 0.1) is 34.4 Å². The number of aliphatic hydroxyl groups excluding tert-OH is 5. The number of rotatable bonds is 6. The van der Waals surface area contributed by atoms with Gasteiger partial charge in [0.25, 0.3) is 0 Å². The van der Waals surface area contributed by atoms with Crippen molar-refractivity contribution >= 4 is 0 Å². The molecular formula is C12H26NO7+. The monoisotopic (exact) mass is 296 g/mol. The standard InChI is InChI=1S/C12H26NO7/c1-13(2,3)4-7(15)6-19-12-11(18)10(17)9(16)8(5-14)20-12/h7-12,14-18H,4-6H2,1-3H3/q+1/t7?,8-,9+,10+,11-,12-/m1/s1. The Bertz CT molecular complexity index is 294. The lowest BCUT2D eigenvalue weighted by atomic mass is 9.99. The molecule has 0 aromatic rings. The number of hydrogen-bond acceptors (Lipinski definition) is 7. The third kappa shape index (κ3) is 4.90. The van der Waals surface area contributed by atoms with E-state index in [1.807, 2.05) is 21.1 Å². The smallest absolute Gasteiger partial charge is 0.186 e. The Labute approximate surface area is 118 Å². The zero-order valence-corrected chi connectivity index (χ0v) is 12.1. The van der Waals surface area contributed by atoms with E-state index in [0.29, 0.717) is 11.0 Å². The molecule has 20 heavy (non-hydrogen) atoms. The second-order valence-electron chi connectivity index (χ2n) is 6.16. The summed E-state index contributed by atoms with van der Waals surface area (Å²) in [7, 11) is 5.74. The second kappa shape index (κ2) is 7.10. The van der Waals surface area contributed by atoms with Gasteiger partial charge in [0.2, 0.25) is 0 Å². The van der Waals surface area contributed by atoms with Crippen molar-refractivity contribution in [1.29, 1.82) is 0 Å². The average molecular weight is 296 g/mol. The molecule has 1 rings (SSSR count). The molecule has 1 aliphatic heterocycles. The SMILES string of the molecule is C[N+](C)(C)CC(O)CO[C@@H]1O[C@H](CO)[C@H](O)[C@H](O)[C@H]1O. The highest BCUT2D eigenvalue weighted by molar-refractivity contribution is 4.88. The summed E-state index contributed by atoms with van der Waals surface area (Å²) in [5.74, 6) is 0. The summed E-state index contributed by atoms with van der Waals surface area (Å²) in [6, 6.07) is 0. The summed E-state index contributed by atoms with van der Waals surface area (Å²) >= 11 is 0. The molecule has 0 saturated carbocycles. The lowest BCUT2D eigenvalue weighted by molar-refractivity contribution is -0.873. The van der Waals surface area contributed by atoms with E-state index >= 15 is 0 Å². The molecule has 0 bridgehead atoms. The molecule has 1 aliphatic rings. The van der Waals surface area contributed by atoms with E-state index in [1.165, 1.54) is 0 Å². The highest BCUT2D eigenvalue weighted by Gasteiger charge is 2.44. The lowest BCUT2D eigenvalue weighted by Crippen LogP contribution is -2.59. The summed E-state index contributed by atoms with van der Waals surface area (Å²) in [5, 5.41) is 47.8. The van der Waals surface area contributed by atoms with Crippen molar-refractivity contribution in [3.63, 3.8) is 0 Å². The van der Waals surface area contributed by atoms with Crippen LogP contribution >= 0.6 is 0 Å². The van der Waals surface area contributed by atoms with Gasteiger partial charge in [-0.3, -0.25) is 0 Å². The largest absolute Gasteiger partial charge is 0.394 e. The van der Waals surface area contributed by atoms with Crippen LogP contribution in [-0.2, 0) is 9.47 Å². The first-order valence-electron chi connectivity index (χ1n) is 6.56. The molecule has 120 valence electrons. The summed E-state index contributed by atoms with van der Waals surface area (Å²) in [4.78, 5) is 0. The molecule has 0 aliphatic carbocycles. The molecule has 0 amide bonds. The number of ether oxygens (including phenoxy) is 2. The highest BCUT2D eigenvalue weighted by atomic mass is 16.7. The molecule has 0 spiro atoms. The van der Waals surface area contributed by atoms with E-state index in [-0.39, 0.29) is 6.61 Å². The van der Waals surface area contributed by atoms with Crippen molar-refractivity contribution in [2.75, 3.05) is 40.9 Å². The van der Waals surface area contributed by atoms with Crippen molar-refractivity contribution in [1.82, 2.24) is 0 Å². The van der Waals surface area contributed by atoms with E-state index in [4.69, 9.17) is 14.6 Å². The van der Waals surface area contributed by atoms with Gasteiger partial charge in [-0.25, -0.2) is 0 Å². The fourth-order valence-corrected chi connectivity index (χ4v) is 2.10. The molecule has 1 saturated heterocycles. The minimum absolute atomic E-state index is 0.0851. The van der Waals surface area contributed by atoms with Crippen molar-refractivity contribution in [2.24, 2.45) is 0 Å². The van der Waals surface area contributed by atoms with Crippen LogP contribution in [0.4, 0.5) is 0 Å². The molecule has 8 heteroatoms. The van der Waals surface area contributed by atoms with Crippen LogP contribution in [0.5, 0.6) is 0 Å². The predicted octanol–water partition coefficient (Wildman–Crippen LogP) is -3.13. The maximum Gasteiger partial charge on any atom is 0.186 e. The third-order valence-corrected chi connectivity index (χ3v) is 3.06. The number of nitrogens with zero attached hydrogens (tertiary/aromatic N) is 1. The fourth-order valence-electron chi connectivity index (χ4n) is 2.10. The Morgan fingerprint density at radius 3 is 2.20 bits per heavy atom. The zero-order valence-electron chi connectivity index (χ0n) is 12.1. The van der Waals surface area contributed by atoms with Gasteiger partial charge in [-0.05, 0) is 0 Å². The first-order chi connectivity index (χ1) is 9.15. The summed E-state index contributed by atoms with van der Waals surface area (Å²) < 4.78 is 10.9. The quantitative estimate of drug-likeness (QED) is 0.329. The average Bonchev–Trinajstić information content (AvgIpc) is 2.33. The van der Waals surface area contributed by atoms with Crippen LogP contribution in [0.3, 0.4) is 0 Å². The van der Waals surface area contributed by atoms with Gasteiger partial charge in [0, 0.05) is 0 Å². The van der Waals surface area contributed by atoms with E-state index in [9.17, 15) is 20.4 Å². The van der Waals surface area contributed by atoms with Crippen LogP contribution in [0.1, 0.15) is 0 Å². The van der Waals surface area contributed by atoms with Gasteiger partial charge in [-0.2, -0.15) is 0 Å². The van der Waals surface area contributed by atoms with Gasteiger partial charge < -0.3 is 39.5 Å². The van der Waals surface area contributed by atoms with E-state index < -0.39 is 43.4 Å². The molecular weight excluding hydrogens is 270 g/mol. The number of aliphatic hydroxyl groups is 5. The summed E-state index contributed by atoms with van der Waals surface area (Å²) in [6.45, 7) is -0.151. The van der Waals surface area contributed by atoms with Gasteiger partial charge in [0.15, 0.2) is 6.29 Å². The van der Waals surface area contributed by atoms with E-state index in [0.717, 1.165) is 0 Å². The van der Waals surface area contributed by atoms with Gasteiger partial charge in [-0.1, -0.05) is 0 Å². The summed E-state index contributed by atoms with van der Waals surface area (Å²) in [6.07, 6.45) is -7.29. The Morgan fingerprint density at radius 2 is 1.70 bits per heavy atom. The molecule has 0 aromatic carbocycles. The van der Waals surface area contributed by atoms with Crippen LogP contribution in [0.2, 0.25) is 0 Å². The van der Waals surface area contributed by atoms with Crippen molar-refractivity contribution < 1.29 is 39.5 Å². The Morgan fingerprint density at radius 1 is 1.10 bits per heavy atom. The number of hydrogen-bond donors (Lipinski definition) is 5. The van der Waals surface area contributed by atoms with Gasteiger partial charge >= 0.3 is 0 Å². The van der Waals surface area contributed by atoms with Gasteiger partial charge in [-0.15, -0.1) is 0 Å². The Kier molecular flexibility index (Phi) is 6.29. The van der Waals surface area contributed by atoms with Gasteiger partial charge in [0.1, 0.15) is 37.1 Å². The minimum atomic E-state index is -1.47. The normalized spacial score (nSPS) is 36.9. The zero-order chi connectivity index (χ0) is 15.5. The molecule has 1 heterocycles. The molecule has 6 atom stereocenters. The predicted molar refractivity (Wildman–Crippen MR) is 68.6 cm³/mol. The minimum Gasteiger partial charge on any atom is -0.394 e. The fraction of sp³-hybridized carbons (Fsp3) is 1.00. The highest BCUT2D eigenvalue weighted by Crippen LogP contribution is 2.22. The van der Waals surface area contributed by atoms with Crippen LogP contribution in [0.25, 0.3) is 0 Å².